The summed E-state index contributed by atoms with van der Waals surface area (Å²) in [6.07, 6.45) is 0.829. The van der Waals surface area contributed by atoms with Crippen LogP contribution in [0.1, 0.15) is 39.7 Å². The van der Waals surface area contributed by atoms with Crippen LogP contribution in [0.4, 0.5) is 5.69 Å². The molecule has 1 fully saturated rings. The van der Waals surface area contributed by atoms with E-state index in [1.54, 1.807) is 0 Å². The zero-order chi connectivity index (χ0) is 15.7. The van der Waals surface area contributed by atoms with Gasteiger partial charge in [0, 0.05) is 30.9 Å². The van der Waals surface area contributed by atoms with Crippen molar-refractivity contribution >= 4 is 11.6 Å². The summed E-state index contributed by atoms with van der Waals surface area (Å²) < 4.78 is 0. The van der Waals surface area contributed by atoms with E-state index in [2.05, 4.69) is 55.3 Å². The molecule has 0 aliphatic carbocycles. The summed E-state index contributed by atoms with van der Waals surface area (Å²) in [4.78, 5) is 13.8. The summed E-state index contributed by atoms with van der Waals surface area (Å²) in [5.41, 5.74) is 7.66. The summed E-state index contributed by atoms with van der Waals surface area (Å²) in [5, 5.41) is 3.48. The topological polar surface area (TPSA) is 58.4 Å². The van der Waals surface area contributed by atoms with Crippen molar-refractivity contribution in [2.75, 3.05) is 18.0 Å². The van der Waals surface area contributed by atoms with E-state index in [4.69, 9.17) is 5.73 Å². The van der Waals surface area contributed by atoms with Crippen LogP contribution in [0.5, 0.6) is 0 Å². The predicted octanol–water partition coefficient (Wildman–Crippen LogP) is 2.28. The van der Waals surface area contributed by atoms with Gasteiger partial charge in [-0.2, -0.15) is 0 Å². The van der Waals surface area contributed by atoms with E-state index < -0.39 is 5.41 Å². The first-order valence-corrected chi connectivity index (χ1v) is 7.58. The maximum atomic E-state index is 11.5. The minimum absolute atomic E-state index is 0.122. The minimum Gasteiger partial charge on any atom is -0.370 e. The summed E-state index contributed by atoms with van der Waals surface area (Å²) >= 11 is 0. The van der Waals surface area contributed by atoms with E-state index in [-0.39, 0.29) is 11.4 Å². The number of nitrogens with one attached hydrogen (secondary N) is 1. The van der Waals surface area contributed by atoms with E-state index in [0.717, 1.165) is 19.5 Å². The van der Waals surface area contributed by atoms with Gasteiger partial charge in [-0.15, -0.1) is 0 Å². The molecule has 1 amide bonds. The number of anilines is 1. The van der Waals surface area contributed by atoms with Crippen LogP contribution in [-0.2, 0) is 11.3 Å². The first-order valence-electron chi connectivity index (χ1n) is 7.58. The van der Waals surface area contributed by atoms with E-state index in [1.165, 1.54) is 11.3 Å². The molecule has 1 aliphatic rings. The average molecular weight is 289 g/mol. The molecule has 0 aromatic heterocycles. The van der Waals surface area contributed by atoms with Gasteiger partial charge in [-0.3, -0.25) is 4.79 Å². The van der Waals surface area contributed by atoms with Crippen LogP contribution in [0.25, 0.3) is 0 Å². The Morgan fingerprint density at radius 1 is 1.33 bits per heavy atom. The van der Waals surface area contributed by atoms with Gasteiger partial charge in [0.1, 0.15) is 0 Å². The number of carbonyl (C=O) groups excluding carboxylic acids is 1. The lowest BCUT2D eigenvalue weighted by Gasteiger charge is -2.23. The van der Waals surface area contributed by atoms with Crippen LogP contribution in [0.2, 0.25) is 0 Å². The Hall–Kier alpha value is -1.55. The number of carbonyl (C=O) groups is 1. The Balaban J connectivity index is 1.99. The fourth-order valence-electron chi connectivity index (χ4n) is 2.57. The molecule has 1 unspecified atom stereocenters. The SMILES string of the molecule is CC(C)(C)NCc1ccc(N2CCC(C)(C(N)=O)C2)cc1. The summed E-state index contributed by atoms with van der Waals surface area (Å²) in [5.74, 6) is -0.198. The van der Waals surface area contributed by atoms with Crippen molar-refractivity contribution in [1.82, 2.24) is 5.32 Å². The maximum Gasteiger partial charge on any atom is 0.225 e. The van der Waals surface area contributed by atoms with Crippen molar-refractivity contribution in [1.29, 1.82) is 0 Å². The van der Waals surface area contributed by atoms with Crippen molar-refractivity contribution in [3.63, 3.8) is 0 Å². The van der Waals surface area contributed by atoms with Gasteiger partial charge in [0.25, 0.3) is 0 Å². The van der Waals surface area contributed by atoms with Gasteiger partial charge in [0.15, 0.2) is 0 Å². The molecule has 1 aromatic rings. The second-order valence-electron chi connectivity index (χ2n) is 7.37. The van der Waals surface area contributed by atoms with Crippen LogP contribution in [0, 0.1) is 5.41 Å². The number of hydrogen-bond acceptors (Lipinski definition) is 3. The molecule has 1 saturated heterocycles. The summed E-state index contributed by atoms with van der Waals surface area (Å²) in [7, 11) is 0. The highest BCUT2D eigenvalue weighted by atomic mass is 16.1. The molecule has 0 bridgehead atoms. The van der Waals surface area contributed by atoms with E-state index in [9.17, 15) is 4.79 Å². The standard InChI is InChI=1S/C17H27N3O/c1-16(2,3)19-11-13-5-7-14(8-6-13)20-10-9-17(4,12-20)15(18)21/h5-8,19H,9-12H2,1-4H3,(H2,18,21). The van der Waals surface area contributed by atoms with Crippen molar-refractivity contribution in [2.45, 2.75) is 46.2 Å². The van der Waals surface area contributed by atoms with Crippen LogP contribution in [0.15, 0.2) is 24.3 Å². The smallest absolute Gasteiger partial charge is 0.225 e. The summed E-state index contributed by atoms with van der Waals surface area (Å²) in [6.45, 7) is 10.9. The number of nitrogens with zero attached hydrogens (tertiary/aromatic N) is 1. The van der Waals surface area contributed by atoms with Gasteiger partial charge in [-0.25, -0.2) is 0 Å². The molecule has 3 N–H and O–H groups in total. The molecular formula is C17H27N3O. The lowest BCUT2D eigenvalue weighted by molar-refractivity contribution is -0.125. The lowest BCUT2D eigenvalue weighted by Crippen LogP contribution is -2.37. The number of rotatable bonds is 4. The predicted molar refractivity (Wildman–Crippen MR) is 87.2 cm³/mol. The largest absolute Gasteiger partial charge is 0.370 e. The molecule has 1 atom stereocenters. The Kier molecular flexibility index (Phi) is 4.28. The van der Waals surface area contributed by atoms with Crippen molar-refractivity contribution < 1.29 is 4.79 Å². The number of nitrogens with two attached hydrogens (primary N) is 1. The van der Waals surface area contributed by atoms with Gasteiger partial charge in [0.05, 0.1) is 5.41 Å². The Labute approximate surface area is 127 Å². The van der Waals surface area contributed by atoms with E-state index in [0.29, 0.717) is 6.54 Å². The number of hydrogen-bond donors (Lipinski definition) is 2. The van der Waals surface area contributed by atoms with E-state index in [1.807, 2.05) is 6.92 Å². The van der Waals surface area contributed by atoms with Gasteiger partial charge in [0.2, 0.25) is 5.91 Å². The van der Waals surface area contributed by atoms with Crippen LogP contribution in [0.3, 0.4) is 0 Å². The fraction of sp³-hybridized carbons (Fsp3) is 0.588. The highest BCUT2D eigenvalue weighted by Gasteiger charge is 2.38. The van der Waals surface area contributed by atoms with Crippen LogP contribution in [-0.4, -0.2) is 24.5 Å². The Morgan fingerprint density at radius 3 is 2.43 bits per heavy atom. The first-order chi connectivity index (χ1) is 9.70. The monoisotopic (exact) mass is 289 g/mol. The number of primary amides is 1. The zero-order valence-corrected chi connectivity index (χ0v) is 13.6. The molecule has 1 aromatic carbocycles. The lowest BCUT2D eigenvalue weighted by atomic mass is 9.89. The molecule has 4 heteroatoms. The highest BCUT2D eigenvalue weighted by Crippen LogP contribution is 2.32. The Bertz CT molecular complexity index is 504. The normalized spacial score (nSPS) is 22.6. The quantitative estimate of drug-likeness (QED) is 0.894. The van der Waals surface area contributed by atoms with Gasteiger partial charge in [-0.1, -0.05) is 12.1 Å². The second-order valence-corrected chi connectivity index (χ2v) is 7.37. The van der Waals surface area contributed by atoms with Gasteiger partial charge < -0.3 is 16.0 Å². The average Bonchev–Trinajstić information content (AvgIpc) is 2.80. The molecule has 4 nitrogen and oxygen atoms in total. The third-order valence-electron chi connectivity index (χ3n) is 4.19. The molecule has 0 saturated carbocycles. The number of benzene rings is 1. The fourth-order valence-corrected chi connectivity index (χ4v) is 2.57. The zero-order valence-electron chi connectivity index (χ0n) is 13.6. The third kappa shape index (κ3) is 3.97. The molecule has 0 spiro atoms. The van der Waals surface area contributed by atoms with Crippen LogP contribution < -0.4 is 16.0 Å². The number of amides is 1. The molecule has 1 aliphatic heterocycles. The first kappa shape index (κ1) is 15.8. The Morgan fingerprint density at radius 2 is 1.95 bits per heavy atom. The molecule has 21 heavy (non-hydrogen) atoms. The molecule has 0 radical (unpaired) electrons. The second kappa shape index (κ2) is 5.68. The van der Waals surface area contributed by atoms with Crippen molar-refractivity contribution in [2.24, 2.45) is 11.1 Å². The van der Waals surface area contributed by atoms with Gasteiger partial charge >= 0.3 is 0 Å². The molecule has 2 rings (SSSR count). The van der Waals surface area contributed by atoms with Crippen molar-refractivity contribution in [3.05, 3.63) is 29.8 Å². The van der Waals surface area contributed by atoms with E-state index >= 15 is 0 Å². The third-order valence-corrected chi connectivity index (χ3v) is 4.19. The molecule has 116 valence electrons. The van der Waals surface area contributed by atoms with Crippen LogP contribution >= 0.6 is 0 Å². The molecular weight excluding hydrogens is 262 g/mol. The molecule has 1 heterocycles. The van der Waals surface area contributed by atoms with Crippen molar-refractivity contribution in [3.8, 4) is 0 Å². The minimum atomic E-state index is -0.396. The van der Waals surface area contributed by atoms with Gasteiger partial charge in [-0.05, 0) is 51.8 Å². The summed E-state index contributed by atoms with van der Waals surface area (Å²) in [6, 6.07) is 8.56. The highest BCUT2D eigenvalue weighted by molar-refractivity contribution is 5.82. The maximum absolute atomic E-state index is 11.5.